The van der Waals surface area contributed by atoms with E-state index in [0.29, 0.717) is 42.7 Å². The number of fused-ring (bicyclic) bond motifs is 1. The molecule has 1 aromatic rings. The van der Waals surface area contributed by atoms with Crippen LogP contribution in [0.2, 0.25) is 5.02 Å². The number of piperazine rings is 1. The van der Waals surface area contributed by atoms with Crippen molar-refractivity contribution >= 4 is 33.8 Å². The molecule has 28 heavy (non-hydrogen) atoms. The number of ether oxygens (including phenoxy) is 2. The molecule has 2 aliphatic heterocycles. The Morgan fingerprint density at radius 2 is 1.86 bits per heavy atom. The van der Waals surface area contributed by atoms with E-state index in [1.54, 1.807) is 23.1 Å². The zero-order valence-corrected chi connectivity index (χ0v) is 17.5. The summed E-state index contributed by atoms with van der Waals surface area (Å²) in [5, 5.41) is 0.428. The van der Waals surface area contributed by atoms with Gasteiger partial charge >= 0.3 is 0 Å². The Balaban J connectivity index is 1.60. The summed E-state index contributed by atoms with van der Waals surface area (Å²) in [6.45, 7) is 5.89. The number of nitrogens with zero attached hydrogens (tertiary/aromatic N) is 3. The number of benzene rings is 1. The highest BCUT2D eigenvalue weighted by Crippen LogP contribution is 2.40. The maximum atomic E-state index is 12.6. The van der Waals surface area contributed by atoms with Crippen LogP contribution in [0.25, 0.3) is 6.08 Å². The van der Waals surface area contributed by atoms with Crippen molar-refractivity contribution in [1.29, 1.82) is 0 Å². The molecule has 1 saturated heterocycles. The molecule has 0 aliphatic carbocycles. The fourth-order valence-electron chi connectivity index (χ4n) is 3.21. The Kier molecular flexibility index (Phi) is 6.49. The minimum absolute atomic E-state index is 0.127. The van der Waals surface area contributed by atoms with Crippen molar-refractivity contribution < 1.29 is 22.7 Å². The standard InChI is InChI=1S/C18H24ClN3O5S/c1-3-21(4-2)28(24,25)22-9-7-20(8-10-22)17(23)6-5-14-11-15(19)18-16(12-14)26-13-27-18/h5-6,11-12H,3-4,7-10,13H2,1-2H3/b6-5+. The lowest BCUT2D eigenvalue weighted by atomic mass is 10.2. The number of hydrogen-bond donors (Lipinski definition) is 0. The zero-order chi connectivity index (χ0) is 20.3. The largest absolute Gasteiger partial charge is 0.454 e. The predicted molar refractivity (Wildman–Crippen MR) is 107 cm³/mol. The topological polar surface area (TPSA) is 79.4 Å². The summed E-state index contributed by atoms with van der Waals surface area (Å²) in [4.78, 5) is 14.1. The molecule has 3 rings (SSSR count). The highest BCUT2D eigenvalue weighted by atomic mass is 35.5. The minimum Gasteiger partial charge on any atom is -0.454 e. The van der Waals surface area contributed by atoms with Crippen LogP contribution in [0.1, 0.15) is 19.4 Å². The van der Waals surface area contributed by atoms with Crippen molar-refractivity contribution in [2.24, 2.45) is 0 Å². The lowest BCUT2D eigenvalue weighted by Crippen LogP contribution is -2.53. The van der Waals surface area contributed by atoms with Crippen molar-refractivity contribution in [2.45, 2.75) is 13.8 Å². The summed E-state index contributed by atoms with van der Waals surface area (Å²) in [6.07, 6.45) is 3.12. The van der Waals surface area contributed by atoms with E-state index in [9.17, 15) is 13.2 Å². The molecule has 0 spiro atoms. The van der Waals surface area contributed by atoms with Crippen LogP contribution < -0.4 is 9.47 Å². The summed E-state index contributed by atoms with van der Waals surface area (Å²) in [6, 6.07) is 3.46. The molecule has 2 heterocycles. The summed E-state index contributed by atoms with van der Waals surface area (Å²) < 4.78 is 38.6. The number of carbonyl (C=O) groups is 1. The maximum Gasteiger partial charge on any atom is 0.282 e. The highest BCUT2D eigenvalue weighted by molar-refractivity contribution is 7.86. The van der Waals surface area contributed by atoms with E-state index < -0.39 is 10.2 Å². The van der Waals surface area contributed by atoms with Gasteiger partial charge in [0.1, 0.15) is 0 Å². The summed E-state index contributed by atoms with van der Waals surface area (Å²) in [5.74, 6) is 0.888. The Morgan fingerprint density at radius 3 is 2.50 bits per heavy atom. The normalized spacial score (nSPS) is 17.6. The molecule has 0 atom stereocenters. The second kappa shape index (κ2) is 8.69. The Bertz CT molecular complexity index is 862. The third-order valence-electron chi connectivity index (χ3n) is 4.78. The first kappa shape index (κ1) is 20.9. The van der Waals surface area contributed by atoms with Crippen molar-refractivity contribution in [3.05, 3.63) is 28.8 Å². The van der Waals surface area contributed by atoms with Gasteiger partial charge in [0.2, 0.25) is 12.7 Å². The lowest BCUT2D eigenvalue weighted by molar-refractivity contribution is -0.127. The van der Waals surface area contributed by atoms with Crippen molar-refractivity contribution in [3.63, 3.8) is 0 Å². The molecular formula is C18H24ClN3O5S. The van der Waals surface area contributed by atoms with Crippen LogP contribution >= 0.6 is 11.6 Å². The third kappa shape index (κ3) is 4.27. The monoisotopic (exact) mass is 429 g/mol. The van der Waals surface area contributed by atoms with Crippen LogP contribution in [0.4, 0.5) is 0 Å². The van der Waals surface area contributed by atoms with Gasteiger partial charge < -0.3 is 14.4 Å². The molecule has 10 heteroatoms. The van der Waals surface area contributed by atoms with Gasteiger partial charge in [-0.2, -0.15) is 17.0 Å². The quantitative estimate of drug-likeness (QED) is 0.644. The van der Waals surface area contributed by atoms with Gasteiger partial charge in [-0.05, 0) is 23.8 Å². The summed E-state index contributed by atoms with van der Waals surface area (Å²) >= 11 is 6.15. The number of hydrogen-bond acceptors (Lipinski definition) is 5. The molecule has 1 aromatic carbocycles. The van der Waals surface area contributed by atoms with Gasteiger partial charge in [-0.15, -0.1) is 0 Å². The highest BCUT2D eigenvalue weighted by Gasteiger charge is 2.31. The van der Waals surface area contributed by atoms with Crippen LogP contribution in [0.15, 0.2) is 18.2 Å². The molecule has 2 aliphatic rings. The molecule has 8 nitrogen and oxygen atoms in total. The molecule has 154 valence electrons. The molecular weight excluding hydrogens is 406 g/mol. The van der Waals surface area contributed by atoms with Gasteiger partial charge in [0.25, 0.3) is 10.2 Å². The summed E-state index contributed by atoms with van der Waals surface area (Å²) in [5.41, 5.74) is 0.727. The Morgan fingerprint density at radius 1 is 1.18 bits per heavy atom. The third-order valence-corrected chi connectivity index (χ3v) is 7.24. The van der Waals surface area contributed by atoms with E-state index in [4.69, 9.17) is 21.1 Å². The second-order valence-electron chi connectivity index (χ2n) is 6.39. The van der Waals surface area contributed by atoms with Crippen molar-refractivity contribution in [1.82, 2.24) is 13.5 Å². The minimum atomic E-state index is -3.47. The van der Waals surface area contributed by atoms with Crippen molar-refractivity contribution in [3.8, 4) is 11.5 Å². The first-order valence-electron chi connectivity index (χ1n) is 9.18. The second-order valence-corrected chi connectivity index (χ2v) is 8.72. The zero-order valence-electron chi connectivity index (χ0n) is 15.9. The van der Waals surface area contributed by atoms with Gasteiger partial charge in [-0.1, -0.05) is 25.4 Å². The fourth-order valence-corrected chi connectivity index (χ4v) is 5.09. The molecule has 0 N–H and O–H groups in total. The van der Waals surface area contributed by atoms with Gasteiger partial charge in [0, 0.05) is 45.3 Å². The number of amides is 1. The van der Waals surface area contributed by atoms with Crippen LogP contribution in [0, 0.1) is 0 Å². The van der Waals surface area contributed by atoms with Crippen LogP contribution in [0.5, 0.6) is 11.5 Å². The Hall–Kier alpha value is -1.81. The van der Waals surface area contributed by atoms with E-state index in [-0.39, 0.29) is 25.8 Å². The molecule has 0 saturated carbocycles. The van der Waals surface area contributed by atoms with Gasteiger partial charge in [-0.3, -0.25) is 4.79 Å². The van der Waals surface area contributed by atoms with E-state index in [0.717, 1.165) is 5.56 Å². The summed E-state index contributed by atoms with van der Waals surface area (Å²) in [7, 11) is -3.47. The van der Waals surface area contributed by atoms with Crippen LogP contribution in [-0.4, -0.2) is 73.9 Å². The molecule has 0 aromatic heterocycles. The van der Waals surface area contributed by atoms with E-state index in [1.807, 2.05) is 13.8 Å². The van der Waals surface area contributed by atoms with Gasteiger partial charge in [0.05, 0.1) is 5.02 Å². The first-order valence-corrected chi connectivity index (χ1v) is 11.0. The molecule has 1 fully saturated rings. The Labute approximate surface area is 170 Å². The van der Waals surface area contributed by atoms with Crippen molar-refractivity contribution in [2.75, 3.05) is 46.1 Å². The number of halogens is 1. The van der Waals surface area contributed by atoms with E-state index in [2.05, 4.69) is 0 Å². The van der Waals surface area contributed by atoms with E-state index in [1.165, 1.54) is 14.7 Å². The first-order chi connectivity index (χ1) is 13.4. The van der Waals surface area contributed by atoms with Gasteiger partial charge in [0.15, 0.2) is 11.5 Å². The molecule has 0 bridgehead atoms. The predicted octanol–water partition coefficient (Wildman–Crippen LogP) is 1.81. The smallest absolute Gasteiger partial charge is 0.282 e. The van der Waals surface area contributed by atoms with Crippen LogP contribution in [-0.2, 0) is 15.0 Å². The van der Waals surface area contributed by atoms with Crippen LogP contribution in [0.3, 0.4) is 0 Å². The lowest BCUT2D eigenvalue weighted by Gasteiger charge is -2.35. The average Bonchev–Trinajstić information content (AvgIpc) is 3.16. The molecule has 1 amide bonds. The maximum absolute atomic E-state index is 12.6. The fraction of sp³-hybridized carbons (Fsp3) is 0.500. The van der Waals surface area contributed by atoms with E-state index >= 15 is 0 Å². The average molecular weight is 430 g/mol. The number of carbonyl (C=O) groups excluding carboxylic acids is 1. The number of rotatable bonds is 6. The van der Waals surface area contributed by atoms with Gasteiger partial charge in [-0.25, -0.2) is 0 Å². The SMILES string of the molecule is CCN(CC)S(=O)(=O)N1CCN(C(=O)/C=C/c2cc(Cl)c3c(c2)OCO3)CC1. The molecule has 0 unspecified atom stereocenters. The molecule has 0 radical (unpaired) electrons.